The van der Waals surface area contributed by atoms with Crippen molar-refractivity contribution in [2.45, 2.75) is 45.6 Å². The van der Waals surface area contributed by atoms with Crippen LogP contribution in [-0.4, -0.2) is 11.2 Å². The van der Waals surface area contributed by atoms with Crippen LogP contribution in [0, 0.1) is 25.7 Å². The summed E-state index contributed by atoms with van der Waals surface area (Å²) in [4.78, 5) is 0. The van der Waals surface area contributed by atoms with Gasteiger partial charge in [-0.15, -0.1) is 0 Å². The maximum atomic E-state index is 5.46. The SMILES string of the molecule is Cc1ccc(NC(=S)N[C@@H]2C[C@H]3CC[C@H]2C3)c(C)c1. The second-order valence-electron chi connectivity index (χ2n) is 6.20. The van der Waals surface area contributed by atoms with Crippen molar-refractivity contribution in [1.82, 2.24) is 5.32 Å². The largest absolute Gasteiger partial charge is 0.359 e. The van der Waals surface area contributed by atoms with Crippen LogP contribution in [0.15, 0.2) is 18.2 Å². The number of fused-ring (bicyclic) bond motifs is 2. The molecule has 0 heterocycles. The lowest BCUT2D eigenvalue weighted by Gasteiger charge is -2.25. The first-order chi connectivity index (χ1) is 9.11. The summed E-state index contributed by atoms with van der Waals surface area (Å²) in [5.41, 5.74) is 3.65. The standard InChI is InChI=1S/C16H22N2S/c1-10-3-6-14(11(2)7-10)17-16(19)18-15-9-12-4-5-13(15)8-12/h3,6-7,12-13,15H,4-5,8-9H2,1-2H3,(H2,17,18,19)/t12-,13-,15+/m0/s1. The van der Waals surface area contributed by atoms with Crippen molar-refractivity contribution in [2.75, 3.05) is 5.32 Å². The van der Waals surface area contributed by atoms with Crippen LogP contribution in [0.5, 0.6) is 0 Å². The Kier molecular flexibility index (Phi) is 3.48. The summed E-state index contributed by atoms with van der Waals surface area (Å²) in [7, 11) is 0. The van der Waals surface area contributed by atoms with Crippen LogP contribution in [0.2, 0.25) is 0 Å². The number of aryl methyl sites for hydroxylation is 2. The highest BCUT2D eigenvalue weighted by molar-refractivity contribution is 7.80. The van der Waals surface area contributed by atoms with Crippen LogP contribution in [-0.2, 0) is 0 Å². The van der Waals surface area contributed by atoms with Gasteiger partial charge >= 0.3 is 0 Å². The molecule has 2 aliphatic rings. The summed E-state index contributed by atoms with van der Waals surface area (Å²) >= 11 is 5.46. The zero-order valence-electron chi connectivity index (χ0n) is 11.7. The zero-order valence-corrected chi connectivity index (χ0v) is 12.5. The Morgan fingerprint density at radius 2 is 2.05 bits per heavy atom. The van der Waals surface area contributed by atoms with Gasteiger partial charge in [-0.2, -0.15) is 0 Å². The fourth-order valence-electron chi connectivity index (χ4n) is 3.70. The number of benzene rings is 1. The lowest BCUT2D eigenvalue weighted by Crippen LogP contribution is -2.40. The highest BCUT2D eigenvalue weighted by Gasteiger charge is 2.39. The topological polar surface area (TPSA) is 24.1 Å². The molecule has 2 N–H and O–H groups in total. The van der Waals surface area contributed by atoms with Gasteiger partial charge in [0.2, 0.25) is 0 Å². The first-order valence-corrected chi connectivity index (χ1v) is 7.67. The highest BCUT2D eigenvalue weighted by Crippen LogP contribution is 2.44. The summed E-state index contributed by atoms with van der Waals surface area (Å²) in [5, 5.41) is 7.65. The third-order valence-electron chi connectivity index (χ3n) is 4.68. The average Bonchev–Trinajstić information content (AvgIpc) is 2.95. The van der Waals surface area contributed by atoms with E-state index in [1.165, 1.54) is 36.8 Å². The molecule has 2 saturated carbocycles. The number of anilines is 1. The Morgan fingerprint density at radius 3 is 2.68 bits per heavy atom. The van der Waals surface area contributed by atoms with Crippen LogP contribution >= 0.6 is 12.2 Å². The molecule has 2 fully saturated rings. The molecule has 1 aromatic carbocycles. The Balaban J connectivity index is 1.59. The Morgan fingerprint density at radius 1 is 1.21 bits per heavy atom. The van der Waals surface area contributed by atoms with Crippen molar-refractivity contribution < 1.29 is 0 Å². The molecule has 0 aliphatic heterocycles. The van der Waals surface area contributed by atoms with Gasteiger partial charge in [-0.3, -0.25) is 0 Å². The van der Waals surface area contributed by atoms with Crippen molar-refractivity contribution in [3.8, 4) is 0 Å². The smallest absolute Gasteiger partial charge is 0.171 e. The van der Waals surface area contributed by atoms with Crippen LogP contribution < -0.4 is 10.6 Å². The fraction of sp³-hybridized carbons (Fsp3) is 0.562. The van der Waals surface area contributed by atoms with Gasteiger partial charge in [0.25, 0.3) is 0 Å². The Bertz CT molecular complexity index is 498. The molecule has 0 amide bonds. The minimum absolute atomic E-state index is 0.601. The first-order valence-electron chi connectivity index (χ1n) is 7.26. The third kappa shape index (κ3) is 2.76. The van der Waals surface area contributed by atoms with E-state index in [0.717, 1.165) is 22.6 Å². The van der Waals surface area contributed by atoms with Crippen molar-refractivity contribution in [3.05, 3.63) is 29.3 Å². The van der Waals surface area contributed by atoms with Gasteiger partial charge in [0.1, 0.15) is 0 Å². The van der Waals surface area contributed by atoms with Gasteiger partial charge in [0.05, 0.1) is 0 Å². The molecular formula is C16H22N2S. The number of rotatable bonds is 2. The van der Waals surface area contributed by atoms with E-state index in [-0.39, 0.29) is 0 Å². The molecule has 0 unspecified atom stereocenters. The Hall–Kier alpha value is -1.09. The van der Waals surface area contributed by atoms with E-state index in [1.54, 1.807) is 0 Å². The van der Waals surface area contributed by atoms with Crippen molar-refractivity contribution in [2.24, 2.45) is 11.8 Å². The second-order valence-corrected chi connectivity index (χ2v) is 6.61. The van der Waals surface area contributed by atoms with E-state index in [2.05, 4.69) is 42.7 Å². The van der Waals surface area contributed by atoms with E-state index in [4.69, 9.17) is 12.2 Å². The Labute approximate surface area is 121 Å². The monoisotopic (exact) mass is 274 g/mol. The van der Waals surface area contributed by atoms with Crippen LogP contribution in [0.1, 0.15) is 36.8 Å². The molecule has 102 valence electrons. The first kappa shape index (κ1) is 12.9. The van der Waals surface area contributed by atoms with Gasteiger partial charge in [0.15, 0.2) is 5.11 Å². The average molecular weight is 274 g/mol. The number of nitrogens with one attached hydrogen (secondary N) is 2. The minimum Gasteiger partial charge on any atom is -0.359 e. The molecule has 19 heavy (non-hydrogen) atoms. The molecule has 2 nitrogen and oxygen atoms in total. The van der Waals surface area contributed by atoms with Gasteiger partial charge < -0.3 is 10.6 Å². The molecule has 2 bridgehead atoms. The predicted molar refractivity (Wildman–Crippen MR) is 84.5 cm³/mol. The molecular weight excluding hydrogens is 252 g/mol. The van der Waals surface area contributed by atoms with Crippen LogP contribution in [0.25, 0.3) is 0 Å². The lowest BCUT2D eigenvalue weighted by molar-refractivity contribution is 0.392. The normalized spacial score (nSPS) is 28.4. The van der Waals surface area contributed by atoms with Crippen LogP contribution in [0.3, 0.4) is 0 Å². The molecule has 3 heteroatoms. The lowest BCUT2D eigenvalue weighted by atomic mass is 9.95. The molecule has 3 atom stereocenters. The van der Waals surface area contributed by atoms with E-state index in [1.807, 2.05) is 0 Å². The van der Waals surface area contributed by atoms with Crippen molar-refractivity contribution >= 4 is 23.0 Å². The van der Waals surface area contributed by atoms with Gasteiger partial charge in [-0.1, -0.05) is 24.1 Å². The van der Waals surface area contributed by atoms with Gasteiger partial charge in [-0.25, -0.2) is 0 Å². The zero-order chi connectivity index (χ0) is 13.4. The number of hydrogen-bond acceptors (Lipinski definition) is 1. The van der Waals surface area contributed by atoms with Gasteiger partial charge in [-0.05, 0) is 68.8 Å². The summed E-state index contributed by atoms with van der Waals surface area (Å²) in [6.07, 6.45) is 5.53. The third-order valence-corrected chi connectivity index (χ3v) is 4.90. The van der Waals surface area contributed by atoms with E-state index in [9.17, 15) is 0 Å². The number of hydrogen-bond donors (Lipinski definition) is 2. The van der Waals surface area contributed by atoms with E-state index >= 15 is 0 Å². The summed E-state index contributed by atoms with van der Waals surface area (Å²) in [5.74, 6) is 1.80. The molecule has 0 radical (unpaired) electrons. The molecule has 0 saturated heterocycles. The van der Waals surface area contributed by atoms with Gasteiger partial charge in [0, 0.05) is 11.7 Å². The summed E-state index contributed by atoms with van der Waals surface area (Å²) in [6.45, 7) is 4.23. The molecule has 2 aliphatic carbocycles. The van der Waals surface area contributed by atoms with E-state index < -0.39 is 0 Å². The van der Waals surface area contributed by atoms with E-state index in [0.29, 0.717) is 6.04 Å². The maximum absolute atomic E-state index is 5.46. The molecule has 1 aromatic rings. The molecule has 0 aromatic heterocycles. The quantitative estimate of drug-likeness (QED) is 0.803. The summed E-state index contributed by atoms with van der Waals surface area (Å²) < 4.78 is 0. The number of thiocarbonyl (C=S) groups is 1. The maximum Gasteiger partial charge on any atom is 0.171 e. The predicted octanol–water partition coefficient (Wildman–Crippen LogP) is 3.78. The van der Waals surface area contributed by atoms with Crippen molar-refractivity contribution in [1.29, 1.82) is 0 Å². The van der Waals surface area contributed by atoms with Crippen molar-refractivity contribution in [3.63, 3.8) is 0 Å². The van der Waals surface area contributed by atoms with Crippen LogP contribution in [0.4, 0.5) is 5.69 Å². The fourth-order valence-corrected chi connectivity index (χ4v) is 3.96. The summed E-state index contributed by atoms with van der Waals surface area (Å²) in [6, 6.07) is 7.02. The molecule has 3 rings (SSSR count). The minimum atomic E-state index is 0.601. The second kappa shape index (κ2) is 5.12. The molecule has 0 spiro atoms. The highest BCUT2D eigenvalue weighted by atomic mass is 32.1.